The summed E-state index contributed by atoms with van der Waals surface area (Å²) in [5.41, 5.74) is 4.78. The molecule has 4 rings (SSSR count). The Morgan fingerprint density at radius 1 is 1.12 bits per heavy atom. The number of carbonyl (C=O) groups is 1. The summed E-state index contributed by atoms with van der Waals surface area (Å²) in [6.07, 6.45) is 2.67. The zero-order chi connectivity index (χ0) is 23.5. The molecule has 2 aromatic heterocycles. The Morgan fingerprint density at radius 3 is 2.61 bits per heavy atom. The third-order valence-electron chi connectivity index (χ3n) is 4.43. The molecule has 0 saturated carbocycles. The number of carbonyl (C=O) groups excluding carboxylic acids is 1. The summed E-state index contributed by atoms with van der Waals surface area (Å²) in [4.78, 5) is 32.9. The van der Waals surface area contributed by atoms with E-state index in [9.17, 15) is 18.4 Å². The fourth-order valence-corrected chi connectivity index (χ4v) is 3.00. The number of nitrogens with one attached hydrogen (secondary N) is 1. The number of aromatic nitrogens is 3. The maximum atomic E-state index is 14.6. The summed E-state index contributed by atoms with van der Waals surface area (Å²) in [5, 5.41) is 2.42. The number of hydrogen-bond acceptors (Lipinski definition) is 6. The van der Waals surface area contributed by atoms with E-state index in [0.29, 0.717) is 5.69 Å². The quantitative estimate of drug-likeness (QED) is 0.453. The molecule has 1 amide bonds. The van der Waals surface area contributed by atoms with Crippen molar-refractivity contribution in [1.82, 2.24) is 14.5 Å². The Labute approximate surface area is 190 Å². The second-order valence-corrected chi connectivity index (χ2v) is 7.06. The highest BCUT2D eigenvalue weighted by Gasteiger charge is 2.16. The lowest BCUT2D eigenvalue weighted by Gasteiger charge is -2.11. The number of pyridine rings is 1. The van der Waals surface area contributed by atoms with Crippen LogP contribution in [0, 0.1) is 11.6 Å². The van der Waals surface area contributed by atoms with Gasteiger partial charge in [0.2, 0.25) is 11.8 Å². The number of ether oxygens (including phenoxy) is 1. The van der Waals surface area contributed by atoms with Crippen molar-refractivity contribution in [2.45, 2.75) is 0 Å². The van der Waals surface area contributed by atoms with Crippen LogP contribution >= 0.6 is 11.6 Å². The van der Waals surface area contributed by atoms with E-state index in [1.807, 2.05) is 0 Å². The van der Waals surface area contributed by atoms with Gasteiger partial charge in [0.1, 0.15) is 28.0 Å². The van der Waals surface area contributed by atoms with Crippen molar-refractivity contribution in [3.63, 3.8) is 0 Å². The molecule has 4 aromatic rings. The number of nitrogens with two attached hydrogens (primary N) is 1. The molecule has 0 bridgehead atoms. The van der Waals surface area contributed by atoms with Gasteiger partial charge in [0.15, 0.2) is 0 Å². The number of amides is 1. The monoisotopic (exact) mass is 469 g/mol. The van der Waals surface area contributed by atoms with Crippen molar-refractivity contribution >= 4 is 29.1 Å². The maximum Gasteiger partial charge on any atom is 0.267 e. The highest BCUT2D eigenvalue weighted by molar-refractivity contribution is 6.31. The van der Waals surface area contributed by atoms with Crippen molar-refractivity contribution in [2.75, 3.05) is 11.1 Å². The van der Waals surface area contributed by atoms with E-state index in [0.717, 1.165) is 6.07 Å². The van der Waals surface area contributed by atoms with Gasteiger partial charge in [-0.15, -0.1) is 0 Å². The normalized spacial score (nSPS) is 10.6. The van der Waals surface area contributed by atoms with E-state index in [1.54, 1.807) is 0 Å². The molecule has 0 aliphatic rings. The van der Waals surface area contributed by atoms with Crippen LogP contribution < -0.4 is 21.3 Å². The molecule has 33 heavy (non-hydrogen) atoms. The predicted octanol–water partition coefficient (Wildman–Crippen LogP) is 4.19. The van der Waals surface area contributed by atoms with Gasteiger partial charge in [0.25, 0.3) is 11.5 Å². The lowest BCUT2D eigenvalue weighted by Crippen LogP contribution is -2.28. The summed E-state index contributed by atoms with van der Waals surface area (Å²) in [6, 6.07) is 11.6. The topological polar surface area (TPSA) is 112 Å². The molecule has 0 fully saturated rings. The molecule has 0 saturated heterocycles. The summed E-state index contributed by atoms with van der Waals surface area (Å²) in [5.74, 6) is -2.21. The van der Waals surface area contributed by atoms with Crippen LogP contribution in [0.5, 0.6) is 11.6 Å². The number of nitrogens with zero attached hydrogens (tertiary/aromatic N) is 3. The minimum Gasteiger partial charge on any atom is -0.437 e. The molecule has 3 N–H and O–H groups in total. The lowest BCUT2D eigenvalue weighted by molar-refractivity contribution is 0.102. The number of rotatable bonds is 5. The van der Waals surface area contributed by atoms with Crippen LogP contribution in [0.15, 0.2) is 71.8 Å². The van der Waals surface area contributed by atoms with Gasteiger partial charge >= 0.3 is 0 Å². The fourth-order valence-electron chi connectivity index (χ4n) is 2.87. The molecule has 2 heterocycles. The van der Waals surface area contributed by atoms with Crippen LogP contribution in [0.4, 0.5) is 20.4 Å². The van der Waals surface area contributed by atoms with Crippen LogP contribution in [0.2, 0.25) is 5.02 Å². The second kappa shape index (κ2) is 9.05. The molecule has 0 spiro atoms. The summed E-state index contributed by atoms with van der Waals surface area (Å²) >= 11 is 5.93. The third kappa shape index (κ3) is 4.80. The number of benzene rings is 2. The van der Waals surface area contributed by atoms with Gasteiger partial charge in [-0.1, -0.05) is 11.6 Å². The third-order valence-corrected chi connectivity index (χ3v) is 4.69. The van der Waals surface area contributed by atoms with E-state index < -0.39 is 23.1 Å². The first-order valence-electron chi connectivity index (χ1n) is 9.36. The Morgan fingerprint density at radius 2 is 1.88 bits per heavy atom. The number of nitrogen functional groups attached to an aromatic ring is 1. The van der Waals surface area contributed by atoms with Gasteiger partial charge in [0.05, 0.1) is 11.9 Å². The lowest BCUT2D eigenvalue weighted by atomic mass is 10.2. The van der Waals surface area contributed by atoms with Gasteiger partial charge in [-0.05, 0) is 48.5 Å². The molecule has 0 unspecified atom stereocenters. The van der Waals surface area contributed by atoms with E-state index in [4.69, 9.17) is 22.1 Å². The first kappa shape index (κ1) is 21.9. The maximum absolute atomic E-state index is 14.6. The molecule has 2 aromatic carbocycles. The molecule has 166 valence electrons. The summed E-state index contributed by atoms with van der Waals surface area (Å²) in [7, 11) is 0. The van der Waals surface area contributed by atoms with Crippen molar-refractivity contribution < 1.29 is 18.3 Å². The molecule has 0 aliphatic carbocycles. The number of anilines is 2. The Kier molecular flexibility index (Phi) is 6.01. The van der Waals surface area contributed by atoms with Crippen LogP contribution in [-0.2, 0) is 0 Å². The van der Waals surface area contributed by atoms with Gasteiger partial charge in [-0.25, -0.2) is 13.8 Å². The first-order chi connectivity index (χ1) is 15.8. The molecule has 11 heteroatoms. The molecular formula is C22H14ClF2N5O3. The molecule has 0 radical (unpaired) electrons. The minimum absolute atomic E-state index is 0.0453. The first-order valence-corrected chi connectivity index (χ1v) is 9.74. The zero-order valence-corrected chi connectivity index (χ0v) is 17.4. The van der Waals surface area contributed by atoms with Gasteiger partial charge in [-0.3, -0.25) is 14.2 Å². The zero-order valence-electron chi connectivity index (χ0n) is 16.6. The predicted molar refractivity (Wildman–Crippen MR) is 118 cm³/mol. The smallest absolute Gasteiger partial charge is 0.267 e. The minimum atomic E-state index is -0.825. The Balaban J connectivity index is 1.55. The highest BCUT2D eigenvalue weighted by Crippen LogP contribution is 2.29. The number of halogens is 3. The van der Waals surface area contributed by atoms with E-state index in [1.165, 1.54) is 65.5 Å². The van der Waals surface area contributed by atoms with Crippen molar-refractivity contribution in [3.8, 4) is 17.3 Å². The van der Waals surface area contributed by atoms with Crippen LogP contribution in [0.3, 0.4) is 0 Å². The van der Waals surface area contributed by atoms with Gasteiger partial charge < -0.3 is 15.8 Å². The Bertz CT molecular complexity index is 1410. The van der Waals surface area contributed by atoms with Crippen molar-refractivity contribution in [3.05, 3.63) is 99.6 Å². The van der Waals surface area contributed by atoms with E-state index in [-0.39, 0.29) is 33.9 Å². The molecule has 0 atom stereocenters. The van der Waals surface area contributed by atoms with Gasteiger partial charge in [-0.2, -0.15) is 4.98 Å². The molecule has 8 nitrogen and oxygen atoms in total. The van der Waals surface area contributed by atoms with E-state index in [2.05, 4.69) is 15.3 Å². The highest BCUT2D eigenvalue weighted by atomic mass is 35.5. The molecule has 0 aliphatic heterocycles. The van der Waals surface area contributed by atoms with E-state index >= 15 is 0 Å². The fraction of sp³-hybridized carbons (Fsp3) is 0. The average molecular weight is 470 g/mol. The van der Waals surface area contributed by atoms with Gasteiger partial charge in [0, 0.05) is 18.0 Å². The van der Waals surface area contributed by atoms with Crippen LogP contribution in [0.25, 0.3) is 5.69 Å². The molecular weight excluding hydrogens is 456 g/mol. The summed E-state index contributed by atoms with van der Waals surface area (Å²) in [6.45, 7) is 0. The van der Waals surface area contributed by atoms with Crippen LogP contribution in [0.1, 0.15) is 10.4 Å². The second-order valence-electron chi connectivity index (χ2n) is 6.65. The average Bonchev–Trinajstić information content (AvgIpc) is 2.79. The summed E-state index contributed by atoms with van der Waals surface area (Å²) < 4.78 is 34.3. The van der Waals surface area contributed by atoms with Crippen molar-refractivity contribution in [1.29, 1.82) is 0 Å². The van der Waals surface area contributed by atoms with Crippen LogP contribution in [-0.4, -0.2) is 20.4 Å². The SMILES string of the molecule is Nc1ncc(Cl)c(Oc2ccc(NC(=O)c3cccn(-c4ccc(F)cc4)c3=O)c(F)c2)n1. The largest absolute Gasteiger partial charge is 0.437 e. The van der Waals surface area contributed by atoms with Crippen molar-refractivity contribution in [2.24, 2.45) is 0 Å². The number of hydrogen-bond donors (Lipinski definition) is 2. The standard InChI is InChI=1S/C22H14ClF2N5O3/c23-16-11-27-22(26)29-20(16)33-14-7-8-18(17(25)10-14)28-19(31)15-2-1-9-30(21(15)32)13-5-3-12(24)4-6-13/h1-11H,(H,28,31)(H2,26,27,29). The Hall–Kier alpha value is -4.31.